The van der Waals surface area contributed by atoms with E-state index >= 15 is 0 Å². The second-order valence-corrected chi connectivity index (χ2v) is 12.3. The number of ketones is 1. The van der Waals surface area contributed by atoms with Gasteiger partial charge in [0.2, 0.25) is 0 Å². The van der Waals surface area contributed by atoms with Gasteiger partial charge in [0, 0.05) is 27.9 Å². The number of Topliss-reactive ketones (excluding diaryl/α,β-unsaturated/α-hetero) is 1. The van der Waals surface area contributed by atoms with Crippen molar-refractivity contribution in [1.29, 1.82) is 0 Å². The summed E-state index contributed by atoms with van der Waals surface area (Å²) in [5.41, 5.74) is -5.11. The topological polar surface area (TPSA) is 144 Å². The smallest absolute Gasteiger partial charge is 0.335 e. The van der Waals surface area contributed by atoms with E-state index in [1.807, 2.05) is 13.8 Å². The van der Waals surface area contributed by atoms with E-state index in [1.54, 1.807) is 13.0 Å². The van der Waals surface area contributed by atoms with Crippen molar-refractivity contribution in [3.63, 3.8) is 0 Å². The molecular formula is C27H32O9. The molecule has 3 saturated carbocycles. The van der Waals surface area contributed by atoms with Gasteiger partial charge in [0.05, 0.1) is 26.1 Å². The molecule has 1 saturated heterocycles. The number of carbonyl (C=O) groups excluding carboxylic acids is 3. The summed E-state index contributed by atoms with van der Waals surface area (Å²) in [6.07, 6.45) is 1.69. The van der Waals surface area contributed by atoms with Crippen LogP contribution in [0.15, 0.2) is 34.2 Å². The van der Waals surface area contributed by atoms with Crippen molar-refractivity contribution < 1.29 is 43.6 Å². The zero-order chi connectivity index (χ0) is 26.1. The number of aliphatic hydroxyl groups excluding tert-OH is 1. The highest BCUT2D eigenvalue weighted by molar-refractivity contribution is 6.07. The molecule has 5 aliphatic rings. The lowest BCUT2D eigenvalue weighted by Crippen LogP contribution is -2.75. The highest BCUT2D eigenvalue weighted by Crippen LogP contribution is 2.79. The quantitative estimate of drug-likeness (QED) is 0.531. The third kappa shape index (κ3) is 2.40. The summed E-state index contributed by atoms with van der Waals surface area (Å²) in [4.78, 5) is 39.6. The van der Waals surface area contributed by atoms with Crippen LogP contribution < -0.4 is 0 Å². The molecule has 2 bridgehead atoms. The van der Waals surface area contributed by atoms with Gasteiger partial charge in [0.1, 0.15) is 11.7 Å². The van der Waals surface area contributed by atoms with Crippen molar-refractivity contribution in [2.45, 2.75) is 76.3 Å². The van der Waals surface area contributed by atoms with E-state index in [4.69, 9.17) is 13.9 Å². The number of fused-ring (bicyclic) bond motifs is 4. The third-order valence-electron chi connectivity index (χ3n) is 10.7. The van der Waals surface area contributed by atoms with Crippen LogP contribution in [0.4, 0.5) is 0 Å². The van der Waals surface area contributed by atoms with Crippen molar-refractivity contribution in [3.8, 4) is 0 Å². The Morgan fingerprint density at radius 1 is 1.19 bits per heavy atom. The standard InChI is InChI=1S/C27H32O9/c1-23-11-26(32)20(30)17-14(25(3,27(26,33)12-23)19(23)18(29)22(31)34-4)5-7-24(2)15(17)9-16(28)36-21(24)13-6-8-35-10-13/h6,8,10,14,18-19,21,29,32-33H,5,7,9,11-12H2,1-4H3. The van der Waals surface area contributed by atoms with Gasteiger partial charge < -0.3 is 29.2 Å². The molecule has 1 aliphatic heterocycles. The van der Waals surface area contributed by atoms with E-state index < -0.39 is 69.2 Å². The molecule has 3 N–H and O–H groups in total. The molecule has 4 fully saturated rings. The van der Waals surface area contributed by atoms with Crippen LogP contribution in [0.1, 0.15) is 64.5 Å². The number of aliphatic hydroxyl groups is 3. The lowest BCUT2D eigenvalue weighted by atomic mass is 9.41. The first-order chi connectivity index (χ1) is 16.8. The molecule has 0 radical (unpaired) electrons. The molecule has 6 rings (SSSR count). The van der Waals surface area contributed by atoms with E-state index in [1.165, 1.54) is 19.6 Å². The first-order valence-corrected chi connectivity index (χ1v) is 12.5. The van der Waals surface area contributed by atoms with Gasteiger partial charge in [-0.1, -0.05) is 20.8 Å². The number of carbonyl (C=O) groups is 3. The molecule has 4 aliphatic carbocycles. The average molecular weight is 501 g/mol. The monoisotopic (exact) mass is 500 g/mol. The Balaban J connectivity index is 1.58. The third-order valence-corrected chi connectivity index (χ3v) is 10.7. The van der Waals surface area contributed by atoms with E-state index in [0.29, 0.717) is 29.6 Å². The lowest BCUT2D eigenvalue weighted by molar-refractivity contribution is -0.248. The molecule has 9 nitrogen and oxygen atoms in total. The largest absolute Gasteiger partial charge is 0.472 e. The molecule has 0 spiro atoms. The number of hydrogen-bond donors (Lipinski definition) is 3. The van der Waals surface area contributed by atoms with E-state index in [9.17, 15) is 29.7 Å². The second kappa shape index (κ2) is 6.88. The molecule has 194 valence electrons. The Bertz CT molecular complexity index is 1220. The van der Waals surface area contributed by atoms with Crippen molar-refractivity contribution in [2.75, 3.05) is 7.11 Å². The summed E-state index contributed by atoms with van der Waals surface area (Å²) >= 11 is 0. The van der Waals surface area contributed by atoms with Crippen molar-refractivity contribution in [2.24, 2.45) is 28.1 Å². The van der Waals surface area contributed by atoms with E-state index in [2.05, 4.69) is 0 Å². The van der Waals surface area contributed by atoms with Crippen LogP contribution in [0, 0.1) is 28.1 Å². The van der Waals surface area contributed by atoms with Crippen molar-refractivity contribution in [1.82, 2.24) is 0 Å². The van der Waals surface area contributed by atoms with Gasteiger partial charge in [0.15, 0.2) is 17.5 Å². The summed E-state index contributed by atoms with van der Waals surface area (Å²) in [7, 11) is 1.20. The SMILES string of the molecule is COC(=O)C(O)C1C2(C)CC3(O)C(=O)C4=C5CC(=O)OC(c6ccoc6)C5(C)CCC4C1(C)C3(O)C2. The Kier molecular flexibility index (Phi) is 4.56. The second-order valence-electron chi connectivity index (χ2n) is 12.3. The summed E-state index contributed by atoms with van der Waals surface area (Å²) in [6, 6.07) is 1.73. The van der Waals surface area contributed by atoms with Crippen LogP contribution in [0.5, 0.6) is 0 Å². The number of cyclic esters (lactones) is 1. The Labute approximate surface area is 208 Å². The molecule has 1 aromatic rings. The van der Waals surface area contributed by atoms with Gasteiger partial charge in [-0.3, -0.25) is 9.59 Å². The fourth-order valence-electron chi connectivity index (χ4n) is 9.37. The van der Waals surface area contributed by atoms with Gasteiger partial charge in [-0.25, -0.2) is 4.79 Å². The summed E-state index contributed by atoms with van der Waals surface area (Å²) in [5.74, 6) is -3.18. The van der Waals surface area contributed by atoms with Crippen LogP contribution in [0.3, 0.4) is 0 Å². The number of methoxy groups -OCH3 is 1. The fourth-order valence-corrected chi connectivity index (χ4v) is 9.37. The Hall–Kier alpha value is -2.49. The molecule has 0 aromatic carbocycles. The average Bonchev–Trinajstić information content (AvgIpc) is 3.46. The molecule has 9 unspecified atom stereocenters. The Morgan fingerprint density at radius 2 is 1.92 bits per heavy atom. The zero-order valence-corrected chi connectivity index (χ0v) is 20.9. The van der Waals surface area contributed by atoms with E-state index in [-0.39, 0.29) is 19.3 Å². The van der Waals surface area contributed by atoms with Crippen LogP contribution in [0.25, 0.3) is 0 Å². The minimum atomic E-state index is -2.09. The van der Waals surface area contributed by atoms with Crippen LogP contribution in [-0.2, 0) is 23.9 Å². The lowest BCUT2D eigenvalue weighted by Gasteiger charge is -2.64. The maximum atomic E-state index is 14.2. The van der Waals surface area contributed by atoms with Crippen LogP contribution >= 0.6 is 0 Å². The molecule has 9 heteroatoms. The Morgan fingerprint density at radius 3 is 2.56 bits per heavy atom. The van der Waals surface area contributed by atoms with Crippen LogP contribution in [0.2, 0.25) is 0 Å². The minimum absolute atomic E-state index is 0.0769. The highest BCUT2D eigenvalue weighted by Gasteiger charge is 2.86. The first-order valence-electron chi connectivity index (χ1n) is 12.5. The van der Waals surface area contributed by atoms with Crippen molar-refractivity contribution >= 4 is 17.7 Å². The van der Waals surface area contributed by atoms with Gasteiger partial charge >= 0.3 is 11.9 Å². The maximum Gasteiger partial charge on any atom is 0.335 e. The molecule has 2 heterocycles. The number of furan rings is 1. The molecule has 0 amide bonds. The predicted molar refractivity (Wildman–Crippen MR) is 122 cm³/mol. The molecule has 36 heavy (non-hydrogen) atoms. The minimum Gasteiger partial charge on any atom is -0.472 e. The van der Waals surface area contributed by atoms with Gasteiger partial charge in [-0.05, 0) is 48.7 Å². The molecule has 1 aromatic heterocycles. The van der Waals surface area contributed by atoms with Crippen molar-refractivity contribution in [3.05, 3.63) is 35.3 Å². The van der Waals surface area contributed by atoms with Crippen LogP contribution in [-0.4, -0.2) is 57.5 Å². The molecular weight excluding hydrogens is 468 g/mol. The predicted octanol–water partition coefficient (Wildman–Crippen LogP) is 2.00. The summed E-state index contributed by atoms with van der Waals surface area (Å²) in [5, 5.41) is 35.2. The van der Waals surface area contributed by atoms with Gasteiger partial charge in [-0.2, -0.15) is 0 Å². The fraction of sp³-hybridized carbons (Fsp3) is 0.667. The normalized spacial score (nSPS) is 47.8. The summed E-state index contributed by atoms with van der Waals surface area (Å²) < 4.78 is 15.9. The number of rotatable bonds is 3. The van der Waals surface area contributed by atoms with Gasteiger partial charge in [0.25, 0.3) is 0 Å². The van der Waals surface area contributed by atoms with E-state index in [0.717, 1.165) is 0 Å². The first kappa shape index (κ1) is 23.9. The summed E-state index contributed by atoms with van der Waals surface area (Å²) in [6.45, 7) is 5.54. The molecule has 9 atom stereocenters. The van der Waals surface area contributed by atoms with Gasteiger partial charge in [-0.15, -0.1) is 0 Å². The highest BCUT2D eigenvalue weighted by atomic mass is 16.5. The maximum absolute atomic E-state index is 14.2. The number of ether oxygens (including phenoxy) is 2. The zero-order valence-electron chi connectivity index (χ0n) is 20.9. The number of esters is 2. The number of hydrogen-bond acceptors (Lipinski definition) is 9.